The van der Waals surface area contributed by atoms with Gasteiger partial charge in [-0.3, -0.25) is 4.68 Å². The minimum absolute atomic E-state index is 0.681. The summed E-state index contributed by atoms with van der Waals surface area (Å²) in [6, 6.07) is 3.13. The zero-order valence-electron chi connectivity index (χ0n) is 11.2. The molecule has 0 spiro atoms. The van der Waals surface area contributed by atoms with Gasteiger partial charge in [0.1, 0.15) is 0 Å². The lowest BCUT2D eigenvalue weighted by Gasteiger charge is -2.29. The average molecular weight is 232 g/mol. The molecule has 94 valence electrons. The Morgan fingerprint density at radius 1 is 1.35 bits per heavy atom. The van der Waals surface area contributed by atoms with Crippen molar-refractivity contribution < 1.29 is 0 Å². The van der Waals surface area contributed by atoms with Crippen molar-refractivity contribution in [2.24, 2.45) is 0 Å². The maximum Gasteiger partial charge on any atom is 0.0658 e. The molecule has 17 heavy (non-hydrogen) atoms. The quantitative estimate of drug-likeness (QED) is 0.736. The number of rotatable bonds is 5. The van der Waals surface area contributed by atoms with E-state index in [1.165, 1.54) is 56.3 Å². The van der Waals surface area contributed by atoms with E-state index in [1.54, 1.807) is 0 Å². The molecule has 2 heteroatoms. The second kappa shape index (κ2) is 4.47. The molecule has 2 fully saturated rings. The minimum atomic E-state index is 0.681. The fraction of sp³-hybridized carbons (Fsp3) is 0.800. The van der Waals surface area contributed by atoms with Crippen LogP contribution in [0.15, 0.2) is 6.07 Å². The standard InChI is InChI=1S/C15H24N2/c1-3-5-11(2)15-10-14(12-8-9-12)16-17(15)13-6-4-7-13/h10-13H,3-9H2,1-2H3. The van der Waals surface area contributed by atoms with Gasteiger partial charge in [-0.2, -0.15) is 5.10 Å². The first-order valence-electron chi connectivity index (χ1n) is 7.39. The van der Waals surface area contributed by atoms with Gasteiger partial charge in [0.2, 0.25) is 0 Å². The first-order chi connectivity index (χ1) is 8.29. The summed E-state index contributed by atoms with van der Waals surface area (Å²) in [5.41, 5.74) is 2.90. The molecule has 2 aliphatic carbocycles. The van der Waals surface area contributed by atoms with Crippen LogP contribution in [-0.2, 0) is 0 Å². The summed E-state index contributed by atoms with van der Waals surface area (Å²) >= 11 is 0. The normalized spacial score (nSPS) is 22.5. The topological polar surface area (TPSA) is 17.8 Å². The average Bonchev–Trinajstić information content (AvgIpc) is 2.99. The van der Waals surface area contributed by atoms with E-state index >= 15 is 0 Å². The highest BCUT2D eigenvalue weighted by molar-refractivity contribution is 5.22. The lowest BCUT2D eigenvalue weighted by atomic mass is 9.92. The third-order valence-corrected chi connectivity index (χ3v) is 4.43. The highest BCUT2D eigenvalue weighted by Crippen LogP contribution is 2.42. The van der Waals surface area contributed by atoms with E-state index in [2.05, 4.69) is 24.6 Å². The van der Waals surface area contributed by atoms with E-state index in [4.69, 9.17) is 5.10 Å². The van der Waals surface area contributed by atoms with Crippen LogP contribution >= 0.6 is 0 Å². The Balaban J connectivity index is 1.86. The van der Waals surface area contributed by atoms with Crippen molar-refractivity contribution >= 4 is 0 Å². The van der Waals surface area contributed by atoms with Crippen molar-refractivity contribution in [3.8, 4) is 0 Å². The molecule has 2 saturated carbocycles. The Kier molecular flexibility index (Phi) is 2.97. The van der Waals surface area contributed by atoms with Gasteiger partial charge in [0.15, 0.2) is 0 Å². The molecule has 1 atom stereocenters. The molecule has 0 bridgehead atoms. The summed E-state index contributed by atoms with van der Waals surface area (Å²) in [6.45, 7) is 4.65. The van der Waals surface area contributed by atoms with Crippen molar-refractivity contribution in [2.45, 2.75) is 76.7 Å². The van der Waals surface area contributed by atoms with E-state index in [-0.39, 0.29) is 0 Å². The van der Waals surface area contributed by atoms with Crippen LogP contribution in [0.2, 0.25) is 0 Å². The van der Waals surface area contributed by atoms with Crippen LogP contribution in [0.5, 0.6) is 0 Å². The fourth-order valence-corrected chi connectivity index (χ4v) is 2.88. The van der Waals surface area contributed by atoms with Crippen LogP contribution in [0.25, 0.3) is 0 Å². The molecule has 3 rings (SSSR count). The SMILES string of the molecule is CCCC(C)c1cc(C2CC2)nn1C1CCC1. The van der Waals surface area contributed by atoms with Crippen LogP contribution in [0.1, 0.15) is 88.1 Å². The molecular weight excluding hydrogens is 208 g/mol. The highest BCUT2D eigenvalue weighted by atomic mass is 15.3. The molecule has 0 amide bonds. The summed E-state index contributed by atoms with van der Waals surface area (Å²) in [7, 11) is 0. The van der Waals surface area contributed by atoms with Crippen LogP contribution in [0, 0.1) is 0 Å². The fourth-order valence-electron chi connectivity index (χ4n) is 2.88. The van der Waals surface area contributed by atoms with Crippen LogP contribution in [0.3, 0.4) is 0 Å². The first kappa shape index (κ1) is 11.3. The molecule has 1 aromatic rings. The summed E-state index contributed by atoms with van der Waals surface area (Å²) in [5, 5.41) is 4.91. The molecule has 1 unspecified atom stereocenters. The lowest BCUT2D eigenvalue weighted by Crippen LogP contribution is -2.21. The van der Waals surface area contributed by atoms with Gasteiger partial charge in [0, 0.05) is 11.6 Å². The third-order valence-electron chi connectivity index (χ3n) is 4.43. The van der Waals surface area contributed by atoms with E-state index in [0.29, 0.717) is 5.92 Å². The van der Waals surface area contributed by atoms with Gasteiger partial charge in [-0.05, 0) is 50.5 Å². The Labute approximate surface area is 104 Å². The molecule has 0 N–H and O–H groups in total. The molecule has 2 aliphatic rings. The Bertz CT molecular complexity index is 386. The number of hydrogen-bond acceptors (Lipinski definition) is 1. The second-order valence-electron chi connectivity index (χ2n) is 5.99. The van der Waals surface area contributed by atoms with Crippen molar-refractivity contribution in [2.75, 3.05) is 0 Å². The van der Waals surface area contributed by atoms with E-state index in [0.717, 1.165) is 12.0 Å². The Morgan fingerprint density at radius 2 is 2.12 bits per heavy atom. The molecule has 0 radical (unpaired) electrons. The molecule has 0 aromatic carbocycles. The molecule has 1 aromatic heterocycles. The molecule has 0 aliphatic heterocycles. The smallest absolute Gasteiger partial charge is 0.0658 e. The van der Waals surface area contributed by atoms with Gasteiger partial charge in [-0.1, -0.05) is 20.3 Å². The third kappa shape index (κ3) is 2.14. The van der Waals surface area contributed by atoms with Gasteiger partial charge >= 0.3 is 0 Å². The maximum atomic E-state index is 4.91. The van der Waals surface area contributed by atoms with Gasteiger partial charge in [0.05, 0.1) is 11.7 Å². The van der Waals surface area contributed by atoms with Gasteiger partial charge < -0.3 is 0 Å². The number of aromatic nitrogens is 2. The summed E-state index contributed by atoms with van der Waals surface area (Å²) in [6.07, 6.45) is 9.38. The maximum absolute atomic E-state index is 4.91. The summed E-state index contributed by atoms with van der Waals surface area (Å²) in [4.78, 5) is 0. The van der Waals surface area contributed by atoms with E-state index in [1.807, 2.05) is 0 Å². The van der Waals surface area contributed by atoms with E-state index < -0.39 is 0 Å². The van der Waals surface area contributed by atoms with Crippen LogP contribution < -0.4 is 0 Å². The minimum Gasteiger partial charge on any atom is -0.266 e. The summed E-state index contributed by atoms with van der Waals surface area (Å²) < 4.78 is 2.39. The predicted octanol–water partition coefficient (Wildman–Crippen LogP) is 4.39. The first-order valence-corrected chi connectivity index (χ1v) is 7.39. The monoisotopic (exact) mass is 232 g/mol. The number of nitrogens with zero attached hydrogens (tertiary/aromatic N) is 2. The summed E-state index contributed by atoms with van der Waals surface area (Å²) in [5.74, 6) is 1.48. The zero-order valence-corrected chi connectivity index (χ0v) is 11.2. The van der Waals surface area contributed by atoms with Crippen molar-refractivity contribution in [3.05, 3.63) is 17.5 Å². The van der Waals surface area contributed by atoms with E-state index in [9.17, 15) is 0 Å². The zero-order chi connectivity index (χ0) is 11.8. The van der Waals surface area contributed by atoms with Crippen molar-refractivity contribution in [3.63, 3.8) is 0 Å². The number of hydrogen-bond donors (Lipinski definition) is 0. The Morgan fingerprint density at radius 3 is 2.65 bits per heavy atom. The van der Waals surface area contributed by atoms with Crippen LogP contribution in [0.4, 0.5) is 0 Å². The van der Waals surface area contributed by atoms with Gasteiger partial charge in [-0.25, -0.2) is 0 Å². The van der Waals surface area contributed by atoms with Crippen LogP contribution in [-0.4, -0.2) is 9.78 Å². The predicted molar refractivity (Wildman–Crippen MR) is 70.4 cm³/mol. The van der Waals surface area contributed by atoms with Gasteiger partial charge in [0.25, 0.3) is 0 Å². The highest BCUT2D eigenvalue weighted by Gasteiger charge is 2.31. The Hall–Kier alpha value is -0.790. The van der Waals surface area contributed by atoms with Crippen molar-refractivity contribution in [1.82, 2.24) is 9.78 Å². The lowest BCUT2D eigenvalue weighted by molar-refractivity contribution is 0.277. The van der Waals surface area contributed by atoms with Gasteiger partial charge in [-0.15, -0.1) is 0 Å². The molecule has 2 nitrogen and oxygen atoms in total. The molecule has 1 heterocycles. The second-order valence-corrected chi connectivity index (χ2v) is 5.99. The van der Waals surface area contributed by atoms with Crippen molar-refractivity contribution in [1.29, 1.82) is 0 Å². The molecule has 0 saturated heterocycles. The molecular formula is C15H24N2. The largest absolute Gasteiger partial charge is 0.266 e.